The van der Waals surface area contributed by atoms with Gasteiger partial charge in [-0.15, -0.1) is 11.8 Å². The quantitative estimate of drug-likeness (QED) is 0.0699. The minimum Gasteiger partial charge on any atom is -0.508 e. The van der Waals surface area contributed by atoms with Crippen molar-refractivity contribution in [2.75, 3.05) is 0 Å². The van der Waals surface area contributed by atoms with E-state index in [1.54, 1.807) is 11.8 Å². The SMILES string of the molecule is C=C1CCCC(/C(=C/c2cccc(C(NN)Sc3ccccc3)c2)CC)(c2ccccc2O)c2ccccc21. The van der Waals surface area contributed by atoms with Crippen LogP contribution in [0, 0.1) is 0 Å². The summed E-state index contributed by atoms with van der Waals surface area (Å²) in [6, 6.07) is 35.3. The van der Waals surface area contributed by atoms with E-state index < -0.39 is 5.41 Å². The van der Waals surface area contributed by atoms with Crippen molar-refractivity contribution in [3.8, 4) is 5.75 Å². The fraction of sp³-hybridized carbons (Fsp3) is 0.200. The van der Waals surface area contributed by atoms with Crippen LogP contribution in [0.3, 0.4) is 0 Å². The molecule has 0 saturated carbocycles. The van der Waals surface area contributed by atoms with Gasteiger partial charge in [0.25, 0.3) is 0 Å². The summed E-state index contributed by atoms with van der Waals surface area (Å²) in [7, 11) is 0. The molecule has 1 aliphatic rings. The Balaban J connectivity index is 1.65. The van der Waals surface area contributed by atoms with Crippen LogP contribution in [0.1, 0.15) is 65.8 Å². The zero-order chi connectivity index (χ0) is 27.2. The largest absolute Gasteiger partial charge is 0.508 e. The van der Waals surface area contributed by atoms with Gasteiger partial charge in [0.2, 0.25) is 0 Å². The van der Waals surface area contributed by atoms with E-state index in [1.165, 1.54) is 16.7 Å². The first-order valence-electron chi connectivity index (χ1n) is 13.6. The van der Waals surface area contributed by atoms with E-state index in [-0.39, 0.29) is 5.37 Å². The van der Waals surface area contributed by atoms with Crippen molar-refractivity contribution in [2.24, 2.45) is 5.84 Å². The molecule has 5 rings (SSSR count). The maximum absolute atomic E-state index is 11.2. The second kappa shape index (κ2) is 12.1. The number of fused-ring (bicyclic) bond motifs is 1. The summed E-state index contributed by atoms with van der Waals surface area (Å²) in [6.45, 7) is 6.66. The fourth-order valence-corrected chi connectivity index (χ4v) is 6.93. The van der Waals surface area contributed by atoms with Gasteiger partial charge in [0.1, 0.15) is 5.75 Å². The average molecular weight is 533 g/mol. The van der Waals surface area contributed by atoms with Crippen molar-refractivity contribution < 1.29 is 5.11 Å². The molecule has 0 bridgehead atoms. The molecule has 198 valence electrons. The number of nitrogens with one attached hydrogen (secondary N) is 1. The lowest BCUT2D eigenvalue weighted by Gasteiger charge is -2.38. The van der Waals surface area contributed by atoms with Gasteiger partial charge in [-0.25, -0.2) is 5.43 Å². The lowest BCUT2D eigenvalue weighted by atomic mass is 9.64. The molecule has 0 aromatic heterocycles. The number of hydrogen-bond acceptors (Lipinski definition) is 4. The van der Waals surface area contributed by atoms with Crippen LogP contribution in [0.15, 0.2) is 120 Å². The number of aromatic hydroxyl groups is 1. The summed E-state index contributed by atoms with van der Waals surface area (Å²) in [5.74, 6) is 6.35. The Bertz CT molecular complexity index is 1480. The Morgan fingerprint density at radius 3 is 2.44 bits per heavy atom. The molecular weight excluding hydrogens is 496 g/mol. The standard InChI is InChI=1S/C35H36N2OS/c1-3-28(24-26-14-11-15-27(23-26)34(37-36)39-29-16-5-4-6-17-29)35(32-20-9-10-21-33(32)38)22-12-13-25(2)30-18-7-8-19-31(30)35/h4-11,14-21,23-24,34,37-38H,2-3,12-13,22,36H2,1H3/b28-24+. The summed E-state index contributed by atoms with van der Waals surface area (Å²) >= 11 is 1.70. The van der Waals surface area contributed by atoms with Crippen LogP contribution >= 0.6 is 11.8 Å². The maximum Gasteiger partial charge on any atom is 0.120 e. The summed E-state index contributed by atoms with van der Waals surface area (Å²) in [5.41, 5.74) is 10.6. The third-order valence-corrected chi connectivity index (χ3v) is 8.98. The van der Waals surface area contributed by atoms with Crippen LogP contribution in [0.5, 0.6) is 5.75 Å². The number of benzene rings is 4. The molecule has 0 fully saturated rings. The summed E-state index contributed by atoms with van der Waals surface area (Å²) < 4.78 is 0. The smallest absolute Gasteiger partial charge is 0.120 e. The average Bonchev–Trinajstić information content (AvgIpc) is 3.12. The number of para-hydroxylation sites is 1. The van der Waals surface area contributed by atoms with Gasteiger partial charge in [-0.3, -0.25) is 5.84 Å². The van der Waals surface area contributed by atoms with Crippen molar-refractivity contribution in [1.29, 1.82) is 0 Å². The topological polar surface area (TPSA) is 58.3 Å². The Morgan fingerprint density at radius 1 is 0.974 bits per heavy atom. The molecule has 0 radical (unpaired) electrons. The predicted molar refractivity (Wildman–Crippen MR) is 165 cm³/mol. The van der Waals surface area contributed by atoms with Gasteiger partial charge in [0, 0.05) is 15.9 Å². The number of hydrazine groups is 1. The predicted octanol–water partition coefficient (Wildman–Crippen LogP) is 8.62. The first-order valence-corrected chi connectivity index (χ1v) is 14.5. The highest BCUT2D eigenvalue weighted by Crippen LogP contribution is 2.52. The maximum atomic E-state index is 11.2. The number of thioether (sulfide) groups is 1. The first kappa shape index (κ1) is 27.0. The van der Waals surface area contributed by atoms with Crippen LogP contribution in [0.2, 0.25) is 0 Å². The van der Waals surface area contributed by atoms with E-state index in [9.17, 15) is 5.11 Å². The number of allylic oxidation sites excluding steroid dienone is 2. The normalized spacial score (nSPS) is 18.3. The molecule has 0 saturated heterocycles. The summed E-state index contributed by atoms with van der Waals surface area (Å²) in [5, 5.41) is 11.2. The number of phenols is 1. The van der Waals surface area contributed by atoms with Crippen LogP contribution in [0.25, 0.3) is 11.6 Å². The lowest BCUT2D eigenvalue weighted by Crippen LogP contribution is -2.31. The van der Waals surface area contributed by atoms with E-state index in [0.717, 1.165) is 52.8 Å². The molecule has 1 aliphatic carbocycles. The Labute approximate surface area is 236 Å². The highest BCUT2D eigenvalue weighted by molar-refractivity contribution is 7.99. The van der Waals surface area contributed by atoms with Gasteiger partial charge in [-0.05, 0) is 77.8 Å². The number of phenolic OH excluding ortho intramolecular Hbond substituents is 1. The molecule has 0 spiro atoms. The minimum atomic E-state index is -0.462. The molecule has 39 heavy (non-hydrogen) atoms. The van der Waals surface area contributed by atoms with Gasteiger partial charge in [0.15, 0.2) is 0 Å². The Morgan fingerprint density at radius 2 is 1.69 bits per heavy atom. The van der Waals surface area contributed by atoms with Gasteiger partial charge < -0.3 is 5.11 Å². The van der Waals surface area contributed by atoms with Crippen LogP contribution in [-0.4, -0.2) is 5.11 Å². The first-order chi connectivity index (χ1) is 19.1. The van der Waals surface area contributed by atoms with E-state index >= 15 is 0 Å². The van der Waals surface area contributed by atoms with Crippen molar-refractivity contribution in [3.63, 3.8) is 0 Å². The fourth-order valence-electron chi connectivity index (χ4n) is 5.99. The van der Waals surface area contributed by atoms with Crippen molar-refractivity contribution in [3.05, 3.63) is 143 Å². The van der Waals surface area contributed by atoms with E-state index in [1.807, 2.05) is 36.4 Å². The zero-order valence-electron chi connectivity index (χ0n) is 22.4. The zero-order valence-corrected chi connectivity index (χ0v) is 23.3. The van der Waals surface area contributed by atoms with Gasteiger partial charge in [-0.1, -0.05) is 104 Å². The minimum absolute atomic E-state index is 0.0834. The van der Waals surface area contributed by atoms with Crippen LogP contribution < -0.4 is 11.3 Å². The Hall–Kier alpha value is -3.57. The van der Waals surface area contributed by atoms with E-state index in [0.29, 0.717) is 5.75 Å². The number of rotatable bonds is 8. The van der Waals surface area contributed by atoms with Crippen molar-refractivity contribution in [1.82, 2.24) is 5.43 Å². The van der Waals surface area contributed by atoms with Crippen LogP contribution in [-0.2, 0) is 5.41 Å². The second-order valence-corrected chi connectivity index (χ2v) is 11.3. The van der Waals surface area contributed by atoms with E-state index in [2.05, 4.69) is 91.7 Å². The summed E-state index contributed by atoms with van der Waals surface area (Å²) in [4.78, 5) is 1.16. The molecule has 4 N–H and O–H groups in total. The second-order valence-electron chi connectivity index (χ2n) is 10.1. The molecule has 0 amide bonds. The highest BCUT2D eigenvalue weighted by atomic mass is 32.2. The van der Waals surface area contributed by atoms with Gasteiger partial charge in [0.05, 0.1) is 5.37 Å². The molecule has 3 nitrogen and oxygen atoms in total. The molecule has 2 unspecified atom stereocenters. The third-order valence-electron chi connectivity index (χ3n) is 7.79. The molecule has 4 heteroatoms. The third kappa shape index (κ3) is 5.46. The molecule has 4 aromatic rings. The number of nitrogens with two attached hydrogens (primary N) is 1. The lowest BCUT2D eigenvalue weighted by molar-refractivity contribution is 0.439. The Kier molecular flexibility index (Phi) is 8.37. The molecule has 0 heterocycles. The van der Waals surface area contributed by atoms with E-state index in [4.69, 9.17) is 5.84 Å². The number of hydrogen-bond donors (Lipinski definition) is 3. The van der Waals surface area contributed by atoms with Crippen molar-refractivity contribution in [2.45, 2.75) is 48.3 Å². The molecule has 2 atom stereocenters. The van der Waals surface area contributed by atoms with Crippen LogP contribution in [0.4, 0.5) is 0 Å². The van der Waals surface area contributed by atoms with Gasteiger partial charge in [-0.2, -0.15) is 0 Å². The molecular formula is C35H36N2OS. The summed E-state index contributed by atoms with van der Waals surface area (Å²) in [6.07, 6.45) is 6.00. The van der Waals surface area contributed by atoms with Gasteiger partial charge >= 0.3 is 0 Å². The molecule has 0 aliphatic heterocycles. The van der Waals surface area contributed by atoms with Crippen molar-refractivity contribution >= 4 is 23.4 Å². The molecule has 4 aromatic carbocycles. The highest BCUT2D eigenvalue weighted by Gasteiger charge is 2.41. The monoisotopic (exact) mass is 532 g/mol.